The average Bonchev–Trinajstić information content (AvgIpc) is 2.99. The third-order valence-electron chi connectivity index (χ3n) is 4.63. The molecule has 1 aromatic heterocycles. The van der Waals surface area contributed by atoms with Crippen molar-refractivity contribution in [1.82, 2.24) is 5.32 Å². The van der Waals surface area contributed by atoms with Gasteiger partial charge in [0.15, 0.2) is 0 Å². The van der Waals surface area contributed by atoms with Crippen molar-refractivity contribution in [3.63, 3.8) is 0 Å². The molecule has 2 atom stereocenters. The molecule has 0 bridgehead atoms. The number of nitrogens with one attached hydrogen (secondary N) is 1. The van der Waals surface area contributed by atoms with Crippen LogP contribution in [0.3, 0.4) is 0 Å². The Morgan fingerprint density at radius 1 is 1.35 bits per heavy atom. The lowest BCUT2D eigenvalue weighted by Crippen LogP contribution is -2.38. The fourth-order valence-electron chi connectivity index (χ4n) is 3.26. The van der Waals surface area contributed by atoms with E-state index in [1.807, 2.05) is 25.1 Å². The van der Waals surface area contributed by atoms with E-state index in [1.165, 1.54) is 11.1 Å². The summed E-state index contributed by atoms with van der Waals surface area (Å²) in [5.41, 5.74) is 1.63. The molecule has 0 saturated heterocycles. The Balaban J connectivity index is 1.72. The lowest BCUT2D eigenvalue weighted by molar-refractivity contribution is 0.0302. The monoisotopic (exact) mass is 315 g/mol. The second kappa shape index (κ2) is 6.38. The van der Waals surface area contributed by atoms with E-state index in [2.05, 4.69) is 17.4 Å². The van der Waals surface area contributed by atoms with E-state index >= 15 is 0 Å². The molecule has 23 heavy (non-hydrogen) atoms. The van der Waals surface area contributed by atoms with Gasteiger partial charge in [-0.3, -0.25) is 0 Å². The molecule has 0 aliphatic heterocycles. The third kappa shape index (κ3) is 3.43. The highest BCUT2D eigenvalue weighted by molar-refractivity contribution is 5.39. The van der Waals surface area contributed by atoms with Crippen molar-refractivity contribution in [1.29, 1.82) is 0 Å². The van der Waals surface area contributed by atoms with Crippen LogP contribution in [-0.2, 0) is 12.0 Å². The minimum absolute atomic E-state index is 0.257. The molecule has 4 nitrogen and oxygen atoms in total. The van der Waals surface area contributed by atoms with Crippen LogP contribution in [0.15, 0.2) is 34.7 Å². The van der Waals surface area contributed by atoms with Gasteiger partial charge in [-0.2, -0.15) is 0 Å². The highest BCUT2D eigenvalue weighted by atomic mass is 16.5. The maximum absolute atomic E-state index is 10.7. The van der Waals surface area contributed by atoms with Gasteiger partial charge in [0.2, 0.25) is 0 Å². The Morgan fingerprint density at radius 3 is 2.87 bits per heavy atom. The Morgan fingerprint density at radius 2 is 2.17 bits per heavy atom. The van der Waals surface area contributed by atoms with E-state index in [0.717, 1.165) is 30.8 Å². The van der Waals surface area contributed by atoms with Crippen molar-refractivity contribution >= 4 is 0 Å². The SMILES string of the molecule is COc1ccc2c(c1)CCCC2NCC(C)(O)c1ccc(C)o1. The summed E-state index contributed by atoms with van der Waals surface area (Å²) in [6.45, 7) is 4.13. The second-order valence-electron chi connectivity index (χ2n) is 6.57. The molecule has 2 aromatic rings. The molecule has 1 aliphatic rings. The quantitative estimate of drug-likeness (QED) is 0.887. The van der Waals surface area contributed by atoms with Crippen LogP contribution in [-0.4, -0.2) is 18.8 Å². The summed E-state index contributed by atoms with van der Waals surface area (Å²) in [7, 11) is 1.70. The van der Waals surface area contributed by atoms with Crippen LogP contribution in [0.1, 0.15) is 48.5 Å². The van der Waals surface area contributed by atoms with Gasteiger partial charge in [0.1, 0.15) is 22.9 Å². The Bertz CT molecular complexity index is 675. The molecule has 124 valence electrons. The van der Waals surface area contributed by atoms with Gasteiger partial charge in [-0.05, 0) is 68.5 Å². The van der Waals surface area contributed by atoms with Crippen LogP contribution in [0, 0.1) is 6.92 Å². The number of hydrogen-bond acceptors (Lipinski definition) is 4. The number of furan rings is 1. The fourth-order valence-corrected chi connectivity index (χ4v) is 3.26. The van der Waals surface area contributed by atoms with Crippen molar-refractivity contribution in [3.05, 3.63) is 53.0 Å². The van der Waals surface area contributed by atoms with Gasteiger partial charge in [-0.1, -0.05) is 6.07 Å². The van der Waals surface area contributed by atoms with Gasteiger partial charge in [-0.15, -0.1) is 0 Å². The minimum Gasteiger partial charge on any atom is -0.497 e. The Labute approximate surface area is 137 Å². The maximum atomic E-state index is 10.7. The highest BCUT2D eigenvalue weighted by Gasteiger charge is 2.29. The van der Waals surface area contributed by atoms with Crippen LogP contribution in [0.5, 0.6) is 5.75 Å². The average molecular weight is 315 g/mol. The number of rotatable bonds is 5. The largest absolute Gasteiger partial charge is 0.497 e. The predicted molar refractivity (Wildman–Crippen MR) is 89.7 cm³/mol. The fraction of sp³-hybridized carbons (Fsp3) is 0.474. The van der Waals surface area contributed by atoms with Gasteiger partial charge in [0.05, 0.1) is 7.11 Å². The molecule has 2 N–H and O–H groups in total. The zero-order chi connectivity index (χ0) is 16.4. The van der Waals surface area contributed by atoms with Gasteiger partial charge in [0, 0.05) is 12.6 Å². The summed E-state index contributed by atoms with van der Waals surface area (Å²) >= 11 is 0. The molecule has 0 saturated carbocycles. The van der Waals surface area contributed by atoms with Crippen LogP contribution < -0.4 is 10.1 Å². The Kier molecular flexibility index (Phi) is 4.46. The number of aryl methyl sites for hydroxylation is 2. The van der Waals surface area contributed by atoms with Crippen LogP contribution in [0.2, 0.25) is 0 Å². The van der Waals surface area contributed by atoms with Gasteiger partial charge < -0.3 is 19.6 Å². The van der Waals surface area contributed by atoms with E-state index in [1.54, 1.807) is 14.0 Å². The summed E-state index contributed by atoms with van der Waals surface area (Å²) in [5.74, 6) is 2.33. The number of hydrogen-bond donors (Lipinski definition) is 2. The molecule has 0 spiro atoms. The standard InChI is InChI=1S/C19H25NO3/c1-13-7-10-18(23-13)19(2,21)12-20-17-6-4-5-14-11-15(22-3)8-9-16(14)17/h7-11,17,20-21H,4-6,12H2,1-3H3. The lowest BCUT2D eigenvalue weighted by atomic mass is 9.87. The van der Waals surface area contributed by atoms with Gasteiger partial charge in [0.25, 0.3) is 0 Å². The van der Waals surface area contributed by atoms with Crippen molar-refractivity contribution in [2.45, 2.75) is 44.8 Å². The molecule has 0 amide bonds. The van der Waals surface area contributed by atoms with E-state index in [0.29, 0.717) is 12.3 Å². The number of aliphatic hydroxyl groups is 1. The summed E-state index contributed by atoms with van der Waals surface area (Å²) < 4.78 is 10.9. The molecule has 4 heteroatoms. The summed E-state index contributed by atoms with van der Waals surface area (Å²) in [5, 5.41) is 14.2. The topological polar surface area (TPSA) is 54.6 Å². The van der Waals surface area contributed by atoms with Crippen LogP contribution in [0.25, 0.3) is 0 Å². The number of benzene rings is 1. The van der Waals surface area contributed by atoms with Crippen LogP contribution in [0.4, 0.5) is 0 Å². The first kappa shape index (κ1) is 16.1. The molecule has 1 heterocycles. The highest BCUT2D eigenvalue weighted by Crippen LogP contribution is 2.33. The van der Waals surface area contributed by atoms with Gasteiger partial charge in [-0.25, -0.2) is 0 Å². The molecule has 3 rings (SSSR count). The molecule has 1 aromatic carbocycles. The zero-order valence-corrected chi connectivity index (χ0v) is 14.1. The number of ether oxygens (including phenoxy) is 1. The first-order valence-electron chi connectivity index (χ1n) is 8.19. The molecule has 0 fully saturated rings. The molecule has 0 radical (unpaired) electrons. The predicted octanol–water partition coefficient (Wildman–Crippen LogP) is 3.47. The van der Waals surface area contributed by atoms with E-state index in [9.17, 15) is 5.11 Å². The summed E-state index contributed by atoms with van der Waals surface area (Å²) in [6.07, 6.45) is 3.30. The summed E-state index contributed by atoms with van der Waals surface area (Å²) in [6, 6.07) is 10.2. The van der Waals surface area contributed by atoms with Crippen molar-refractivity contribution in [2.75, 3.05) is 13.7 Å². The minimum atomic E-state index is -1.02. The smallest absolute Gasteiger partial charge is 0.136 e. The molecule has 1 aliphatic carbocycles. The normalized spacial score (nSPS) is 19.9. The van der Waals surface area contributed by atoms with Crippen molar-refractivity contribution in [3.8, 4) is 5.75 Å². The summed E-state index contributed by atoms with van der Waals surface area (Å²) in [4.78, 5) is 0. The maximum Gasteiger partial charge on any atom is 0.136 e. The Hall–Kier alpha value is -1.78. The second-order valence-corrected chi connectivity index (χ2v) is 6.57. The van der Waals surface area contributed by atoms with Crippen LogP contribution >= 0.6 is 0 Å². The van der Waals surface area contributed by atoms with E-state index < -0.39 is 5.60 Å². The zero-order valence-electron chi connectivity index (χ0n) is 14.1. The van der Waals surface area contributed by atoms with Crippen molar-refractivity contribution in [2.24, 2.45) is 0 Å². The van der Waals surface area contributed by atoms with Crippen molar-refractivity contribution < 1.29 is 14.3 Å². The first-order chi connectivity index (χ1) is 11.0. The van der Waals surface area contributed by atoms with E-state index in [4.69, 9.17) is 9.15 Å². The third-order valence-corrected chi connectivity index (χ3v) is 4.63. The first-order valence-corrected chi connectivity index (χ1v) is 8.19. The molecular formula is C19H25NO3. The lowest BCUT2D eigenvalue weighted by Gasteiger charge is -2.30. The molecule has 2 unspecified atom stereocenters. The number of fused-ring (bicyclic) bond motifs is 1. The van der Waals surface area contributed by atoms with Gasteiger partial charge >= 0.3 is 0 Å². The number of methoxy groups -OCH3 is 1. The van der Waals surface area contributed by atoms with E-state index in [-0.39, 0.29) is 6.04 Å². The molecular weight excluding hydrogens is 290 g/mol.